The number of fused-ring (bicyclic) bond motifs is 1. The van der Waals surface area contributed by atoms with E-state index in [-0.39, 0.29) is 17.6 Å². The minimum absolute atomic E-state index is 0.0903. The number of carbonyl (C=O) groups excluding carboxylic acids is 2. The van der Waals surface area contributed by atoms with Gasteiger partial charge >= 0.3 is 5.97 Å². The van der Waals surface area contributed by atoms with Crippen molar-refractivity contribution in [1.82, 2.24) is 9.88 Å². The zero-order valence-corrected chi connectivity index (χ0v) is 16.4. The first-order valence-corrected chi connectivity index (χ1v) is 9.20. The molecule has 0 radical (unpaired) electrons. The van der Waals surface area contributed by atoms with Crippen molar-refractivity contribution < 1.29 is 19.5 Å². The van der Waals surface area contributed by atoms with Crippen molar-refractivity contribution in [1.29, 1.82) is 0 Å². The number of nitrogens with one attached hydrogen (secondary N) is 1. The van der Waals surface area contributed by atoms with Crippen LogP contribution in [0.2, 0.25) is 0 Å². The summed E-state index contributed by atoms with van der Waals surface area (Å²) >= 11 is 0. The molecule has 0 bridgehead atoms. The van der Waals surface area contributed by atoms with Crippen LogP contribution in [0.15, 0.2) is 30.5 Å². The van der Waals surface area contributed by atoms with Crippen LogP contribution in [0.1, 0.15) is 45.6 Å². The number of likely N-dealkylation sites (N-methyl/N-ethyl adjacent to an activating group) is 1. The Balaban J connectivity index is 2.26. The summed E-state index contributed by atoms with van der Waals surface area (Å²) in [5, 5.41) is 10.5. The quantitative estimate of drug-likeness (QED) is 0.706. The average Bonchev–Trinajstić information content (AvgIpc) is 3.02. The Morgan fingerprint density at radius 3 is 2.52 bits per heavy atom. The third kappa shape index (κ3) is 4.76. The fraction of sp³-hybridized carbons (Fsp3) is 0.476. The molecule has 0 aliphatic carbocycles. The molecular formula is C21H28N2O4. The first kappa shape index (κ1) is 20.7. The van der Waals surface area contributed by atoms with Crippen molar-refractivity contribution >= 4 is 28.6 Å². The fourth-order valence-corrected chi connectivity index (χ4v) is 3.17. The van der Waals surface area contributed by atoms with Gasteiger partial charge < -0.3 is 19.8 Å². The maximum Gasteiger partial charge on any atom is 0.329 e. The van der Waals surface area contributed by atoms with Gasteiger partial charge in [-0.25, -0.2) is 4.79 Å². The number of aliphatic carboxylic acids is 1. The summed E-state index contributed by atoms with van der Waals surface area (Å²) in [6, 6.07) is 7.88. The van der Waals surface area contributed by atoms with Crippen molar-refractivity contribution in [2.45, 2.75) is 52.0 Å². The second-order valence-electron chi connectivity index (χ2n) is 7.62. The van der Waals surface area contributed by atoms with Crippen LogP contribution < -0.4 is 0 Å². The molecule has 146 valence electrons. The SMILES string of the molecule is CC(=O)CCCC(Cc1c[nH]c2ccccc12)C(=O)N(C)C(C)(C)C(=O)O. The van der Waals surface area contributed by atoms with Crippen molar-refractivity contribution in [3.05, 3.63) is 36.0 Å². The van der Waals surface area contributed by atoms with E-state index >= 15 is 0 Å². The first-order valence-electron chi connectivity index (χ1n) is 9.20. The Labute approximate surface area is 159 Å². The highest BCUT2D eigenvalue weighted by Gasteiger charge is 2.37. The number of benzene rings is 1. The van der Waals surface area contributed by atoms with Gasteiger partial charge in [0.05, 0.1) is 0 Å². The first-order chi connectivity index (χ1) is 12.6. The molecule has 2 aromatic rings. The number of H-pyrrole nitrogens is 1. The van der Waals surface area contributed by atoms with Gasteiger partial charge in [-0.15, -0.1) is 0 Å². The minimum Gasteiger partial charge on any atom is -0.480 e. The normalized spacial score (nSPS) is 12.7. The number of para-hydroxylation sites is 1. The molecule has 6 heteroatoms. The number of carboxylic acids is 1. The van der Waals surface area contributed by atoms with Gasteiger partial charge in [0.15, 0.2) is 0 Å². The number of carbonyl (C=O) groups is 3. The topological polar surface area (TPSA) is 90.5 Å². The monoisotopic (exact) mass is 372 g/mol. The van der Waals surface area contributed by atoms with Crippen LogP contribution in [-0.4, -0.2) is 45.2 Å². The number of aromatic nitrogens is 1. The molecule has 1 atom stereocenters. The molecule has 1 aromatic carbocycles. The fourth-order valence-electron chi connectivity index (χ4n) is 3.17. The molecule has 0 aliphatic rings. The summed E-state index contributed by atoms with van der Waals surface area (Å²) in [4.78, 5) is 40.5. The number of rotatable bonds is 9. The highest BCUT2D eigenvalue weighted by Crippen LogP contribution is 2.26. The zero-order chi connectivity index (χ0) is 20.2. The van der Waals surface area contributed by atoms with E-state index in [4.69, 9.17) is 0 Å². The highest BCUT2D eigenvalue weighted by atomic mass is 16.4. The molecule has 0 aliphatic heterocycles. The number of carboxylic acid groups (broad SMARTS) is 1. The van der Waals surface area contributed by atoms with Crippen LogP contribution in [0.25, 0.3) is 10.9 Å². The number of hydrogen-bond acceptors (Lipinski definition) is 3. The molecule has 0 saturated heterocycles. The summed E-state index contributed by atoms with van der Waals surface area (Å²) in [5.74, 6) is -1.55. The summed E-state index contributed by atoms with van der Waals surface area (Å²) in [5.41, 5.74) is 0.728. The summed E-state index contributed by atoms with van der Waals surface area (Å²) in [7, 11) is 1.53. The highest BCUT2D eigenvalue weighted by molar-refractivity contribution is 5.88. The number of ketones is 1. The van der Waals surface area contributed by atoms with Gasteiger partial charge in [-0.2, -0.15) is 0 Å². The van der Waals surface area contributed by atoms with Crippen LogP contribution >= 0.6 is 0 Å². The van der Waals surface area contributed by atoms with E-state index in [1.54, 1.807) is 0 Å². The lowest BCUT2D eigenvalue weighted by molar-refractivity contribution is -0.157. The molecule has 0 spiro atoms. The Morgan fingerprint density at radius 2 is 1.89 bits per heavy atom. The van der Waals surface area contributed by atoms with Crippen LogP contribution in [0.5, 0.6) is 0 Å². The molecule has 1 aromatic heterocycles. The minimum atomic E-state index is -1.30. The van der Waals surface area contributed by atoms with Crippen molar-refractivity contribution in [2.75, 3.05) is 7.05 Å². The van der Waals surface area contributed by atoms with Gasteiger partial charge in [0.25, 0.3) is 0 Å². The third-order valence-corrected chi connectivity index (χ3v) is 5.26. The van der Waals surface area contributed by atoms with Crippen molar-refractivity contribution in [3.63, 3.8) is 0 Å². The molecule has 0 fully saturated rings. The predicted molar refractivity (Wildman–Crippen MR) is 105 cm³/mol. The van der Waals surface area contributed by atoms with Crippen molar-refractivity contribution in [3.8, 4) is 0 Å². The smallest absolute Gasteiger partial charge is 0.329 e. The number of Topliss-reactive ketones (excluding diaryl/α,β-unsaturated/α-hetero) is 1. The standard InChI is InChI=1S/C21H28N2O4/c1-14(24)8-7-9-15(19(25)23(4)21(2,3)20(26)27)12-16-13-22-18-11-6-5-10-17(16)18/h5-6,10-11,13,15,22H,7-9,12H2,1-4H3,(H,26,27). The number of hydrogen-bond donors (Lipinski definition) is 2. The molecular weight excluding hydrogens is 344 g/mol. The van der Waals surface area contributed by atoms with Crippen LogP contribution in [-0.2, 0) is 20.8 Å². The molecule has 2 N–H and O–H groups in total. The van der Waals surface area contributed by atoms with E-state index in [0.717, 1.165) is 16.5 Å². The number of amides is 1. The van der Waals surface area contributed by atoms with Gasteiger partial charge in [0.1, 0.15) is 11.3 Å². The van der Waals surface area contributed by atoms with Gasteiger partial charge in [-0.05, 0) is 51.7 Å². The van der Waals surface area contributed by atoms with Crippen LogP contribution in [0.3, 0.4) is 0 Å². The second-order valence-corrected chi connectivity index (χ2v) is 7.62. The maximum absolute atomic E-state index is 13.1. The van der Waals surface area contributed by atoms with Crippen LogP contribution in [0.4, 0.5) is 0 Å². The van der Waals surface area contributed by atoms with Gasteiger partial charge in [0.2, 0.25) is 5.91 Å². The summed E-state index contributed by atoms with van der Waals surface area (Å²) in [6.45, 7) is 4.58. The molecule has 0 saturated carbocycles. The van der Waals surface area contributed by atoms with E-state index in [0.29, 0.717) is 25.7 Å². The Morgan fingerprint density at radius 1 is 1.22 bits per heavy atom. The summed E-state index contributed by atoms with van der Waals surface area (Å²) < 4.78 is 0. The Bertz CT molecular complexity index is 838. The molecule has 1 amide bonds. The van der Waals surface area contributed by atoms with E-state index in [1.807, 2.05) is 30.5 Å². The third-order valence-electron chi connectivity index (χ3n) is 5.26. The largest absolute Gasteiger partial charge is 0.480 e. The molecule has 6 nitrogen and oxygen atoms in total. The molecule has 27 heavy (non-hydrogen) atoms. The zero-order valence-electron chi connectivity index (χ0n) is 16.4. The lowest BCUT2D eigenvalue weighted by Gasteiger charge is -2.34. The van der Waals surface area contributed by atoms with E-state index < -0.39 is 11.5 Å². The van der Waals surface area contributed by atoms with Crippen LogP contribution in [0, 0.1) is 5.92 Å². The lowest BCUT2D eigenvalue weighted by atomic mass is 9.90. The maximum atomic E-state index is 13.1. The predicted octanol–water partition coefficient (Wildman–Crippen LogP) is 3.41. The van der Waals surface area contributed by atoms with Gasteiger partial charge in [-0.1, -0.05) is 18.2 Å². The van der Waals surface area contributed by atoms with Gasteiger partial charge in [-0.3, -0.25) is 4.79 Å². The second kappa shape index (κ2) is 8.37. The van der Waals surface area contributed by atoms with E-state index in [1.165, 1.54) is 32.7 Å². The van der Waals surface area contributed by atoms with Gasteiger partial charge in [0, 0.05) is 36.5 Å². The molecule has 1 unspecified atom stereocenters. The lowest BCUT2D eigenvalue weighted by Crippen LogP contribution is -2.52. The molecule has 2 rings (SSSR count). The average molecular weight is 372 g/mol. The molecule has 1 heterocycles. The number of nitrogens with zero attached hydrogens (tertiary/aromatic N) is 1. The summed E-state index contributed by atoms with van der Waals surface area (Å²) in [6.07, 6.45) is 3.97. The Kier molecular flexibility index (Phi) is 6.41. The van der Waals surface area contributed by atoms with E-state index in [9.17, 15) is 19.5 Å². The van der Waals surface area contributed by atoms with E-state index in [2.05, 4.69) is 4.98 Å². The Hall–Kier alpha value is -2.63. The van der Waals surface area contributed by atoms with Crippen molar-refractivity contribution in [2.24, 2.45) is 5.92 Å². The number of aromatic amines is 1.